The Morgan fingerprint density at radius 3 is 2.63 bits per heavy atom. The van der Waals surface area contributed by atoms with Crippen LogP contribution in [0.4, 0.5) is 0 Å². The first-order chi connectivity index (χ1) is 13.2. The summed E-state index contributed by atoms with van der Waals surface area (Å²) in [5, 5.41) is 4.37. The summed E-state index contributed by atoms with van der Waals surface area (Å²) >= 11 is 1.31. The second kappa shape index (κ2) is 7.20. The third-order valence-corrected chi connectivity index (χ3v) is 4.99. The Morgan fingerprint density at radius 2 is 1.93 bits per heavy atom. The molecule has 4 rings (SSSR count). The average Bonchev–Trinajstić information content (AvgIpc) is 3.23. The molecule has 0 amide bonds. The summed E-state index contributed by atoms with van der Waals surface area (Å²) in [6.45, 7) is 2.50. The van der Waals surface area contributed by atoms with Crippen molar-refractivity contribution in [3.8, 4) is 22.9 Å². The highest BCUT2D eigenvalue weighted by Gasteiger charge is 2.12. The smallest absolute Gasteiger partial charge is 0.291 e. The van der Waals surface area contributed by atoms with Crippen molar-refractivity contribution in [3.05, 3.63) is 69.0 Å². The second-order valence-corrected chi connectivity index (χ2v) is 6.75. The molecule has 4 aromatic rings. The number of ether oxygens (including phenoxy) is 2. The summed E-state index contributed by atoms with van der Waals surface area (Å²) in [5.74, 6) is 2.02. The molecule has 0 aliphatic heterocycles. The van der Waals surface area contributed by atoms with Crippen LogP contribution in [0.15, 0.2) is 53.3 Å². The van der Waals surface area contributed by atoms with E-state index in [9.17, 15) is 4.79 Å². The van der Waals surface area contributed by atoms with Crippen LogP contribution in [0.2, 0.25) is 0 Å². The Labute approximate surface area is 159 Å². The molecule has 7 heteroatoms. The first-order valence-electron chi connectivity index (χ1n) is 8.47. The van der Waals surface area contributed by atoms with Crippen LogP contribution in [0.3, 0.4) is 0 Å². The zero-order chi connectivity index (χ0) is 18.8. The van der Waals surface area contributed by atoms with Gasteiger partial charge in [0.2, 0.25) is 4.96 Å². The van der Waals surface area contributed by atoms with E-state index in [2.05, 4.69) is 10.1 Å². The van der Waals surface area contributed by atoms with Crippen molar-refractivity contribution in [1.82, 2.24) is 14.6 Å². The van der Waals surface area contributed by atoms with Crippen molar-refractivity contribution in [2.75, 3.05) is 13.7 Å². The van der Waals surface area contributed by atoms with Gasteiger partial charge in [0.15, 0.2) is 5.82 Å². The van der Waals surface area contributed by atoms with Crippen molar-refractivity contribution in [1.29, 1.82) is 0 Å². The van der Waals surface area contributed by atoms with Gasteiger partial charge in [0.25, 0.3) is 5.56 Å². The maximum absolute atomic E-state index is 12.7. The van der Waals surface area contributed by atoms with Crippen LogP contribution in [-0.4, -0.2) is 28.3 Å². The van der Waals surface area contributed by atoms with Gasteiger partial charge < -0.3 is 9.47 Å². The fourth-order valence-electron chi connectivity index (χ4n) is 2.72. The van der Waals surface area contributed by atoms with E-state index < -0.39 is 0 Å². The molecule has 2 aromatic carbocycles. The molecule has 6 nitrogen and oxygen atoms in total. The van der Waals surface area contributed by atoms with Crippen molar-refractivity contribution in [2.45, 2.75) is 6.92 Å². The lowest BCUT2D eigenvalue weighted by molar-refractivity contribution is 0.339. The lowest BCUT2D eigenvalue weighted by Gasteiger charge is -2.05. The van der Waals surface area contributed by atoms with Crippen LogP contribution >= 0.6 is 11.3 Å². The molecule has 0 aliphatic carbocycles. The van der Waals surface area contributed by atoms with Crippen LogP contribution in [-0.2, 0) is 0 Å². The van der Waals surface area contributed by atoms with Gasteiger partial charge in [-0.2, -0.15) is 9.50 Å². The first-order valence-corrected chi connectivity index (χ1v) is 9.29. The Bertz CT molecular complexity index is 1200. The summed E-state index contributed by atoms with van der Waals surface area (Å²) < 4.78 is 12.7. The third-order valence-electron chi connectivity index (χ3n) is 4.04. The second-order valence-electron chi connectivity index (χ2n) is 5.74. The summed E-state index contributed by atoms with van der Waals surface area (Å²) in [5.41, 5.74) is 1.50. The Balaban J connectivity index is 1.76. The van der Waals surface area contributed by atoms with Gasteiger partial charge in [-0.15, -0.1) is 5.10 Å². The number of hydrogen-bond acceptors (Lipinski definition) is 6. The molecule has 0 saturated carbocycles. The first kappa shape index (κ1) is 17.2. The highest BCUT2D eigenvalue weighted by Crippen LogP contribution is 2.21. The standard InChI is InChI=1S/C20H17N3O3S/c1-3-26-16-7-5-4-6-14(16)12-17-19(24)23-20(27-17)21-18(22-23)13-8-10-15(25-2)11-9-13/h4-12H,3H2,1-2H3. The number of nitrogens with zero attached hydrogens (tertiary/aromatic N) is 3. The largest absolute Gasteiger partial charge is 0.497 e. The average molecular weight is 379 g/mol. The maximum Gasteiger partial charge on any atom is 0.291 e. The van der Waals surface area contributed by atoms with Gasteiger partial charge in [-0.25, -0.2) is 0 Å². The fraction of sp³-hybridized carbons (Fsp3) is 0.150. The van der Waals surface area contributed by atoms with E-state index in [0.717, 1.165) is 22.6 Å². The summed E-state index contributed by atoms with van der Waals surface area (Å²) in [7, 11) is 1.62. The number of aromatic nitrogens is 3. The molecular formula is C20H17N3O3S. The van der Waals surface area contributed by atoms with Crippen LogP contribution in [0, 0.1) is 0 Å². The quantitative estimate of drug-likeness (QED) is 0.533. The summed E-state index contributed by atoms with van der Waals surface area (Å²) in [4.78, 5) is 17.8. The third kappa shape index (κ3) is 3.29. The minimum absolute atomic E-state index is 0.187. The molecule has 136 valence electrons. The van der Waals surface area contributed by atoms with Gasteiger partial charge in [0.05, 0.1) is 18.2 Å². The molecule has 0 N–H and O–H groups in total. The highest BCUT2D eigenvalue weighted by molar-refractivity contribution is 7.15. The van der Waals surface area contributed by atoms with Gasteiger partial charge in [0, 0.05) is 11.1 Å². The Morgan fingerprint density at radius 1 is 1.15 bits per heavy atom. The van der Waals surface area contributed by atoms with E-state index in [1.807, 2.05) is 61.5 Å². The van der Waals surface area contributed by atoms with E-state index in [0.29, 0.717) is 21.9 Å². The van der Waals surface area contributed by atoms with E-state index in [-0.39, 0.29) is 5.56 Å². The number of methoxy groups -OCH3 is 1. The van der Waals surface area contributed by atoms with Crippen molar-refractivity contribution in [2.24, 2.45) is 0 Å². The van der Waals surface area contributed by atoms with Gasteiger partial charge in [-0.3, -0.25) is 4.79 Å². The molecule has 0 saturated heterocycles. The summed E-state index contributed by atoms with van der Waals surface area (Å²) in [6.07, 6.45) is 1.82. The maximum atomic E-state index is 12.7. The number of thiazole rings is 1. The molecule has 0 bridgehead atoms. The van der Waals surface area contributed by atoms with Crippen molar-refractivity contribution in [3.63, 3.8) is 0 Å². The molecule has 0 spiro atoms. The van der Waals surface area contributed by atoms with Gasteiger partial charge >= 0.3 is 0 Å². The van der Waals surface area contributed by atoms with Crippen LogP contribution in [0.25, 0.3) is 22.4 Å². The zero-order valence-corrected chi connectivity index (χ0v) is 15.7. The molecule has 2 heterocycles. The number of hydrogen-bond donors (Lipinski definition) is 0. The number of para-hydroxylation sites is 1. The molecule has 0 aliphatic rings. The Hall–Kier alpha value is -3.19. The van der Waals surface area contributed by atoms with Crippen molar-refractivity contribution < 1.29 is 9.47 Å². The van der Waals surface area contributed by atoms with Crippen LogP contribution < -0.4 is 19.6 Å². The predicted molar refractivity (Wildman–Crippen MR) is 106 cm³/mol. The Kier molecular flexibility index (Phi) is 4.60. The summed E-state index contributed by atoms with van der Waals surface area (Å²) in [6, 6.07) is 15.0. The van der Waals surface area contributed by atoms with Crippen molar-refractivity contribution >= 4 is 22.4 Å². The number of rotatable bonds is 5. The van der Waals surface area contributed by atoms with Crippen LogP contribution in [0.5, 0.6) is 11.5 Å². The minimum atomic E-state index is -0.187. The fourth-order valence-corrected chi connectivity index (χ4v) is 3.62. The molecular weight excluding hydrogens is 362 g/mol. The van der Waals surface area contributed by atoms with Crippen LogP contribution in [0.1, 0.15) is 12.5 Å². The lowest BCUT2D eigenvalue weighted by atomic mass is 10.2. The van der Waals surface area contributed by atoms with Gasteiger partial charge in [0.1, 0.15) is 11.5 Å². The molecule has 0 fully saturated rings. The molecule has 0 radical (unpaired) electrons. The topological polar surface area (TPSA) is 65.7 Å². The van der Waals surface area contributed by atoms with Gasteiger partial charge in [-0.05, 0) is 43.3 Å². The minimum Gasteiger partial charge on any atom is -0.497 e. The zero-order valence-electron chi connectivity index (χ0n) is 14.9. The predicted octanol–water partition coefficient (Wildman–Crippen LogP) is 2.77. The molecule has 2 aromatic heterocycles. The lowest BCUT2D eigenvalue weighted by Crippen LogP contribution is -2.23. The van der Waals surface area contributed by atoms with E-state index in [1.165, 1.54) is 15.9 Å². The normalized spacial score (nSPS) is 11.9. The molecule has 0 unspecified atom stereocenters. The van der Waals surface area contributed by atoms with Gasteiger partial charge in [-0.1, -0.05) is 29.5 Å². The molecule has 27 heavy (non-hydrogen) atoms. The number of benzene rings is 2. The highest BCUT2D eigenvalue weighted by atomic mass is 32.1. The van der Waals surface area contributed by atoms with E-state index in [1.54, 1.807) is 7.11 Å². The number of fused-ring (bicyclic) bond motifs is 1. The van der Waals surface area contributed by atoms with E-state index >= 15 is 0 Å². The molecule has 0 atom stereocenters. The van der Waals surface area contributed by atoms with E-state index in [4.69, 9.17) is 9.47 Å². The monoisotopic (exact) mass is 379 g/mol. The SMILES string of the molecule is CCOc1ccccc1C=c1sc2nc(-c3ccc(OC)cc3)nn2c1=O.